The lowest BCUT2D eigenvalue weighted by molar-refractivity contribution is -0.121. The minimum Gasteiger partial charge on any atom is -0.353 e. The van der Waals surface area contributed by atoms with Crippen molar-refractivity contribution in [1.29, 1.82) is 0 Å². The van der Waals surface area contributed by atoms with Gasteiger partial charge in [-0.1, -0.05) is 24.3 Å². The maximum Gasteiger partial charge on any atom is 0.251 e. The van der Waals surface area contributed by atoms with E-state index in [2.05, 4.69) is 17.2 Å². The minimum atomic E-state index is -0.206. The molecule has 0 aliphatic rings. The Bertz CT molecular complexity index is 415. The number of amides is 2. The van der Waals surface area contributed by atoms with Gasteiger partial charge in [0.05, 0.1) is 0 Å². The fourth-order valence-corrected chi connectivity index (χ4v) is 1.48. The summed E-state index contributed by atoms with van der Waals surface area (Å²) in [4.78, 5) is 23.2. The van der Waals surface area contributed by atoms with E-state index in [-0.39, 0.29) is 24.3 Å². The number of carbonyl (C=O) groups excluding carboxylic acids is 2. The van der Waals surface area contributed by atoms with Crippen LogP contribution in [0, 0.1) is 0 Å². The summed E-state index contributed by atoms with van der Waals surface area (Å²) >= 11 is 0. The highest BCUT2D eigenvalue weighted by molar-refractivity contribution is 5.94. The highest BCUT2D eigenvalue weighted by Crippen LogP contribution is 2.00. The van der Waals surface area contributed by atoms with Crippen molar-refractivity contribution in [3.05, 3.63) is 48.6 Å². The van der Waals surface area contributed by atoms with Crippen molar-refractivity contribution in [1.82, 2.24) is 10.6 Å². The van der Waals surface area contributed by atoms with Gasteiger partial charge in [0.1, 0.15) is 0 Å². The molecule has 18 heavy (non-hydrogen) atoms. The Morgan fingerprint density at radius 1 is 1.33 bits per heavy atom. The second kappa shape index (κ2) is 7.27. The Morgan fingerprint density at radius 3 is 2.61 bits per heavy atom. The molecule has 0 saturated carbocycles. The molecule has 0 saturated heterocycles. The van der Waals surface area contributed by atoms with Crippen LogP contribution in [0.1, 0.15) is 23.7 Å². The molecule has 0 aliphatic carbocycles. The molecule has 0 unspecified atom stereocenters. The number of nitrogens with one attached hydrogen (secondary N) is 2. The molecule has 0 radical (unpaired) electrons. The van der Waals surface area contributed by atoms with Crippen LogP contribution in [0.2, 0.25) is 0 Å². The largest absolute Gasteiger partial charge is 0.353 e. The Labute approximate surface area is 107 Å². The molecule has 0 aromatic heterocycles. The molecule has 0 heterocycles. The molecule has 0 fully saturated rings. The van der Waals surface area contributed by atoms with Crippen LogP contribution in [0.25, 0.3) is 0 Å². The molecular formula is C14H18N2O2. The summed E-state index contributed by atoms with van der Waals surface area (Å²) in [5.41, 5.74) is 0.593. The molecule has 0 aliphatic heterocycles. The second-order valence-corrected chi connectivity index (χ2v) is 4.04. The molecule has 2 N–H and O–H groups in total. The molecule has 4 heteroatoms. The summed E-state index contributed by atoms with van der Waals surface area (Å²) in [6.07, 6.45) is 1.87. The van der Waals surface area contributed by atoms with E-state index in [1.807, 2.05) is 6.07 Å². The SMILES string of the molecule is C=CCNC(=O)C[C@H](C)NC(=O)c1ccccc1. The number of rotatable bonds is 6. The first kappa shape index (κ1) is 14.0. The fraction of sp³-hybridized carbons (Fsp3) is 0.286. The second-order valence-electron chi connectivity index (χ2n) is 4.04. The van der Waals surface area contributed by atoms with Crippen molar-refractivity contribution in [2.24, 2.45) is 0 Å². The average Bonchev–Trinajstić information content (AvgIpc) is 2.37. The molecule has 1 atom stereocenters. The third kappa shape index (κ3) is 4.82. The third-order valence-electron chi connectivity index (χ3n) is 2.35. The van der Waals surface area contributed by atoms with Gasteiger partial charge in [0, 0.05) is 24.6 Å². The molecule has 2 amide bonds. The van der Waals surface area contributed by atoms with Gasteiger partial charge in [-0.25, -0.2) is 0 Å². The summed E-state index contributed by atoms with van der Waals surface area (Å²) in [6, 6.07) is 8.72. The number of hydrogen-bond donors (Lipinski definition) is 2. The van der Waals surface area contributed by atoms with E-state index >= 15 is 0 Å². The van der Waals surface area contributed by atoms with Crippen LogP contribution in [0.4, 0.5) is 0 Å². The van der Waals surface area contributed by atoms with Crippen LogP contribution in [0.5, 0.6) is 0 Å². The van der Waals surface area contributed by atoms with Gasteiger partial charge < -0.3 is 10.6 Å². The van der Waals surface area contributed by atoms with Gasteiger partial charge in [-0.2, -0.15) is 0 Å². The van der Waals surface area contributed by atoms with E-state index in [0.29, 0.717) is 12.1 Å². The van der Waals surface area contributed by atoms with E-state index in [0.717, 1.165) is 0 Å². The molecule has 96 valence electrons. The summed E-state index contributed by atoms with van der Waals surface area (Å²) in [5, 5.41) is 5.45. The zero-order valence-electron chi connectivity index (χ0n) is 10.5. The van der Waals surface area contributed by atoms with Gasteiger partial charge in [0.15, 0.2) is 0 Å². The summed E-state index contributed by atoms with van der Waals surface area (Å²) in [7, 11) is 0. The van der Waals surface area contributed by atoms with Crippen LogP contribution in [0.3, 0.4) is 0 Å². The molecule has 0 bridgehead atoms. The zero-order valence-corrected chi connectivity index (χ0v) is 10.5. The van der Waals surface area contributed by atoms with Crippen LogP contribution in [-0.4, -0.2) is 24.4 Å². The van der Waals surface area contributed by atoms with Crippen LogP contribution < -0.4 is 10.6 Å². The van der Waals surface area contributed by atoms with Gasteiger partial charge in [0.25, 0.3) is 5.91 Å². The molecule has 4 nitrogen and oxygen atoms in total. The summed E-state index contributed by atoms with van der Waals surface area (Å²) in [5.74, 6) is -0.268. The Kier molecular flexibility index (Phi) is 5.64. The van der Waals surface area contributed by atoms with E-state index in [9.17, 15) is 9.59 Å². The maximum absolute atomic E-state index is 11.8. The van der Waals surface area contributed by atoms with Crippen LogP contribution in [0.15, 0.2) is 43.0 Å². The predicted molar refractivity (Wildman–Crippen MR) is 71.2 cm³/mol. The first-order valence-corrected chi connectivity index (χ1v) is 5.87. The van der Waals surface area contributed by atoms with Crippen molar-refractivity contribution in [3.8, 4) is 0 Å². The highest BCUT2D eigenvalue weighted by atomic mass is 16.2. The number of hydrogen-bond acceptors (Lipinski definition) is 2. The summed E-state index contributed by atoms with van der Waals surface area (Å²) in [6.45, 7) is 5.76. The third-order valence-corrected chi connectivity index (χ3v) is 2.35. The van der Waals surface area contributed by atoms with Gasteiger partial charge >= 0.3 is 0 Å². The molecule has 1 aromatic carbocycles. The molecule has 1 aromatic rings. The topological polar surface area (TPSA) is 58.2 Å². The predicted octanol–water partition coefficient (Wildman–Crippen LogP) is 1.50. The van der Waals surface area contributed by atoms with Crippen LogP contribution >= 0.6 is 0 Å². The van der Waals surface area contributed by atoms with E-state index in [1.54, 1.807) is 37.3 Å². The molecule has 1 rings (SSSR count). The monoisotopic (exact) mass is 246 g/mol. The highest BCUT2D eigenvalue weighted by Gasteiger charge is 2.12. The van der Waals surface area contributed by atoms with Gasteiger partial charge in [-0.15, -0.1) is 6.58 Å². The Hall–Kier alpha value is -2.10. The minimum absolute atomic E-state index is 0.101. The molecular weight excluding hydrogens is 228 g/mol. The zero-order chi connectivity index (χ0) is 13.4. The standard InChI is InChI=1S/C14H18N2O2/c1-3-9-15-13(17)10-11(2)16-14(18)12-7-5-4-6-8-12/h3-8,11H,1,9-10H2,2H3,(H,15,17)(H,16,18)/t11-/m0/s1. The van der Waals surface area contributed by atoms with Crippen LogP contribution in [-0.2, 0) is 4.79 Å². The maximum atomic E-state index is 11.8. The first-order chi connectivity index (χ1) is 8.63. The van der Waals surface area contributed by atoms with Gasteiger partial charge in [-0.05, 0) is 19.1 Å². The fourth-order valence-electron chi connectivity index (χ4n) is 1.48. The normalized spacial score (nSPS) is 11.4. The smallest absolute Gasteiger partial charge is 0.251 e. The van der Waals surface area contributed by atoms with E-state index in [1.165, 1.54) is 0 Å². The number of carbonyl (C=O) groups is 2. The lowest BCUT2D eigenvalue weighted by atomic mass is 10.1. The quantitative estimate of drug-likeness (QED) is 0.747. The van der Waals surface area contributed by atoms with Crippen molar-refractivity contribution in [2.75, 3.05) is 6.54 Å². The first-order valence-electron chi connectivity index (χ1n) is 5.87. The lowest BCUT2D eigenvalue weighted by Gasteiger charge is -2.13. The van der Waals surface area contributed by atoms with Crippen molar-refractivity contribution < 1.29 is 9.59 Å². The van der Waals surface area contributed by atoms with Crippen molar-refractivity contribution in [2.45, 2.75) is 19.4 Å². The van der Waals surface area contributed by atoms with Gasteiger partial charge in [0.2, 0.25) is 5.91 Å². The number of benzene rings is 1. The van der Waals surface area contributed by atoms with E-state index in [4.69, 9.17) is 0 Å². The van der Waals surface area contributed by atoms with Crippen molar-refractivity contribution >= 4 is 11.8 Å². The van der Waals surface area contributed by atoms with Crippen molar-refractivity contribution in [3.63, 3.8) is 0 Å². The Morgan fingerprint density at radius 2 is 2.00 bits per heavy atom. The summed E-state index contributed by atoms with van der Waals surface area (Å²) < 4.78 is 0. The van der Waals surface area contributed by atoms with Gasteiger partial charge in [-0.3, -0.25) is 9.59 Å². The average molecular weight is 246 g/mol. The lowest BCUT2D eigenvalue weighted by Crippen LogP contribution is -2.37. The van der Waals surface area contributed by atoms with E-state index < -0.39 is 0 Å². The Balaban J connectivity index is 2.40. The molecule has 0 spiro atoms.